The third kappa shape index (κ3) is 4.56. The fraction of sp³-hybridized carbons (Fsp3) is 0.450. The highest BCUT2D eigenvalue weighted by Crippen LogP contribution is 2.26. The molecule has 0 saturated heterocycles. The molecule has 0 unspecified atom stereocenters. The molecule has 0 radical (unpaired) electrons. The summed E-state index contributed by atoms with van der Waals surface area (Å²) < 4.78 is 5.35. The highest BCUT2D eigenvalue weighted by Gasteiger charge is 2.25. The fourth-order valence-electron chi connectivity index (χ4n) is 3.47. The number of methoxy groups -OCH3 is 1. The summed E-state index contributed by atoms with van der Waals surface area (Å²) >= 11 is 0. The smallest absolute Gasteiger partial charge is 0.119 e. The van der Waals surface area contributed by atoms with Gasteiger partial charge in [0.2, 0.25) is 0 Å². The van der Waals surface area contributed by atoms with Gasteiger partial charge < -0.3 is 9.84 Å². The van der Waals surface area contributed by atoms with Crippen molar-refractivity contribution in [2.24, 2.45) is 0 Å². The lowest BCUT2D eigenvalue weighted by Gasteiger charge is -2.36. The molecule has 1 aromatic carbocycles. The highest BCUT2D eigenvalue weighted by molar-refractivity contribution is 5.28. The summed E-state index contributed by atoms with van der Waals surface area (Å²) in [6, 6.07) is 12.9. The Kier molecular flexibility index (Phi) is 5.83. The SMILES string of the molecule is COc1cccc(CN(Cc2cccnc2)C2CCC(O)CC2)c1. The number of benzene rings is 1. The first-order chi connectivity index (χ1) is 11.7. The first kappa shape index (κ1) is 16.9. The van der Waals surface area contributed by atoms with Gasteiger partial charge in [-0.15, -0.1) is 0 Å². The molecule has 0 amide bonds. The summed E-state index contributed by atoms with van der Waals surface area (Å²) in [6.07, 6.45) is 7.51. The number of ether oxygens (including phenoxy) is 1. The minimum atomic E-state index is -0.127. The third-order valence-electron chi connectivity index (χ3n) is 4.81. The lowest BCUT2D eigenvalue weighted by atomic mass is 9.91. The summed E-state index contributed by atoms with van der Waals surface area (Å²) in [5, 5.41) is 9.81. The first-order valence-corrected chi connectivity index (χ1v) is 8.68. The number of hydrogen-bond donors (Lipinski definition) is 1. The zero-order valence-electron chi connectivity index (χ0n) is 14.3. The molecular formula is C20H26N2O2. The van der Waals surface area contributed by atoms with E-state index in [1.807, 2.05) is 30.6 Å². The van der Waals surface area contributed by atoms with Crippen LogP contribution in [0.3, 0.4) is 0 Å². The van der Waals surface area contributed by atoms with Crippen molar-refractivity contribution in [3.8, 4) is 5.75 Å². The number of aliphatic hydroxyl groups excluding tert-OH is 1. The van der Waals surface area contributed by atoms with Crippen LogP contribution in [-0.4, -0.2) is 34.2 Å². The van der Waals surface area contributed by atoms with Gasteiger partial charge in [0.05, 0.1) is 13.2 Å². The minimum Gasteiger partial charge on any atom is -0.497 e. The van der Waals surface area contributed by atoms with Crippen molar-refractivity contribution in [1.29, 1.82) is 0 Å². The molecule has 4 heteroatoms. The van der Waals surface area contributed by atoms with E-state index in [1.165, 1.54) is 11.1 Å². The predicted octanol–water partition coefficient (Wildman–Crippen LogP) is 3.40. The van der Waals surface area contributed by atoms with Crippen LogP contribution in [0.25, 0.3) is 0 Å². The van der Waals surface area contributed by atoms with Gasteiger partial charge >= 0.3 is 0 Å². The molecule has 0 atom stereocenters. The van der Waals surface area contributed by atoms with Gasteiger partial charge in [0.15, 0.2) is 0 Å². The molecule has 1 aromatic heterocycles. The second-order valence-corrected chi connectivity index (χ2v) is 6.58. The van der Waals surface area contributed by atoms with E-state index in [4.69, 9.17) is 4.74 Å². The van der Waals surface area contributed by atoms with Crippen molar-refractivity contribution >= 4 is 0 Å². The van der Waals surface area contributed by atoms with Crippen LogP contribution in [0.4, 0.5) is 0 Å². The molecule has 0 bridgehead atoms. The van der Waals surface area contributed by atoms with Crippen LogP contribution >= 0.6 is 0 Å². The topological polar surface area (TPSA) is 45.6 Å². The normalized spacial score (nSPS) is 21.0. The van der Waals surface area contributed by atoms with Crippen LogP contribution in [0.2, 0.25) is 0 Å². The van der Waals surface area contributed by atoms with E-state index in [-0.39, 0.29) is 6.10 Å². The van der Waals surface area contributed by atoms with E-state index in [0.29, 0.717) is 6.04 Å². The number of hydrogen-bond acceptors (Lipinski definition) is 4. The monoisotopic (exact) mass is 326 g/mol. The van der Waals surface area contributed by atoms with Crippen molar-refractivity contribution in [1.82, 2.24) is 9.88 Å². The maximum Gasteiger partial charge on any atom is 0.119 e. The molecule has 24 heavy (non-hydrogen) atoms. The second kappa shape index (κ2) is 8.27. The van der Waals surface area contributed by atoms with Gasteiger partial charge in [-0.2, -0.15) is 0 Å². The highest BCUT2D eigenvalue weighted by atomic mass is 16.5. The van der Waals surface area contributed by atoms with Crippen LogP contribution in [0.1, 0.15) is 36.8 Å². The van der Waals surface area contributed by atoms with Crippen LogP contribution < -0.4 is 4.74 Å². The lowest BCUT2D eigenvalue weighted by molar-refractivity contribution is 0.0665. The van der Waals surface area contributed by atoms with E-state index in [9.17, 15) is 5.11 Å². The van der Waals surface area contributed by atoms with Gasteiger partial charge in [-0.05, 0) is 55.0 Å². The zero-order valence-corrected chi connectivity index (χ0v) is 14.3. The van der Waals surface area contributed by atoms with Crippen LogP contribution in [0, 0.1) is 0 Å². The Hall–Kier alpha value is -1.91. The number of pyridine rings is 1. The minimum absolute atomic E-state index is 0.127. The number of rotatable bonds is 6. The van der Waals surface area contributed by atoms with Crippen molar-refractivity contribution in [2.75, 3.05) is 7.11 Å². The van der Waals surface area contributed by atoms with Crippen molar-refractivity contribution in [3.05, 3.63) is 59.9 Å². The molecule has 1 aliphatic carbocycles. The van der Waals surface area contributed by atoms with Gasteiger partial charge in [-0.1, -0.05) is 18.2 Å². The molecule has 1 aliphatic rings. The summed E-state index contributed by atoms with van der Waals surface area (Å²) in [7, 11) is 1.70. The first-order valence-electron chi connectivity index (χ1n) is 8.68. The fourth-order valence-corrected chi connectivity index (χ4v) is 3.47. The van der Waals surface area contributed by atoms with Crippen LogP contribution in [0.5, 0.6) is 5.75 Å². The van der Waals surface area contributed by atoms with Crippen molar-refractivity contribution in [3.63, 3.8) is 0 Å². The summed E-state index contributed by atoms with van der Waals surface area (Å²) in [4.78, 5) is 6.75. The van der Waals surface area contributed by atoms with E-state index in [1.54, 1.807) is 7.11 Å². The molecular weight excluding hydrogens is 300 g/mol. The van der Waals surface area contributed by atoms with Gasteiger partial charge in [-0.25, -0.2) is 0 Å². The Morgan fingerprint density at radius 2 is 1.83 bits per heavy atom. The largest absolute Gasteiger partial charge is 0.497 e. The molecule has 1 N–H and O–H groups in total. The van der Waals surface area contributed by atoms with Crippen LogP contribution in [-0.2, 0) is 13.1 Å². The standard InChI is InChI=1S/C20H26N2O2/c1-24-20-6-2-4-16(12-20)14-22(15-17-5-3-11-21-13-17)18-7-9-19(23)10-8-18/h2-6,11-13,18-19,23H,7-10,14-15H2,1H3. The van der Waals surface area contributed by atoms with E-state index in [0.717, 1.165) is 44.5 Å². The molecule has 1 fully saturated rings. The van der Waals surface area contributed by atoms with Gasteiger partial charge in [0, 0.05) is 31.5 Å². The van der Waals surface area contributed by atoms with Crippen LogP contribution in [0.15, 0.2) is 48.8 Å². The van der Waals surface area contributed by atoms with E-state index < -0.39 is 0 Å². The number of aliphatic hydroxyl groups is 1. The Bertz CT molecular complexity index is 625. The number of nitrogens with zero attached hydrogens (tertiary/aromatic N) is 2. The summed E-state index contributed by atoms with van der Waals surface area (Å²) in [6.45, 7) is 1.76. The summed E-state index contributed by atoms with van der Waals surface area (Å²) in [5.41, 5.74) is 2.48. The van der Waals surface area contributed by atoms with Gasteiger partial charge in [0.25, 0.3) is 0 Å². The maximum atomic E-state index is 9.81. The van der Waals surface area contributed by atoms with E-state index in [2.05, 4.69) is 28.1 Å². The lowest BCUT2D eigenvalue weighted by Crippen LogP contribution is -2.38. The van der Waals surface area contributed by atoms with Crippen molar-refractivity contribution in [2.45, 2.75) is 50.9 Å². The average Bonchev–Trinajstić information content (AvgIpc) is 2.63. The third-order valence-corrected chi connectivity index (χ3v) is 4.81. The van der Waals surface area contributed by atoms with Gasteiger partial charge in [0.1, 0.15) is 5.75 Å². The molecule has 2 aromatic rings. The molecule has 1 saturated carbocycles. The second-order valence-electron chi connectivity index (χ2n) is 6.58. The Balaban J connectivity index is 1.75. The predicted molar refractivity (Wildman–Crippen MR) is 94.7 cm³/mol. The molecule has 4 nitrogen and oxygen atoms in total. The van der Waals surface area contributed by atoms with Crippen molar-refractivity contribution < 1.29 is 9.84 Å². The average molecular weight is 326 g/mol. The molecule has 0 aliphatic heterocycles. The Morgan fingerprint density at radius 3 is 2.54 bits per heavy atom. The maximum absolute atomic E-state index is 9.81. The molecule has 1 heterocycles. The summed E-state index contributed by atoms with van der Waals surface area (Å²) in [5.74, 6) is 0.896. The zero-order chi connectivity index (χ0) is 16.8. The molecule has 3 rings (SSSR count). The van der Waals surface area contributed by atoms with Gasteiger partial charge in [-0.3, -0.25) is 9.88 Å². The Morgan fingerprint density at radius 1 is 1.08 bits per heavy atom. The quantitative estimate of drug-likeness (QED) is 0.884. The van der Waals surface area contributed by atoms with E-state index >= 15 is 0 Å². The Labute approximate surface area is 144 Å². The molecule has 0 spiro atoms. The molecule has 128 valence electrons. The number of aromatic nitrogens is 1.